The van der Waals surface area contributed by atoms with E-state index in [9.17, 15) is 0 Å². The van der Waals surface area contributed by atoms with Crippen LogP contribution in [-0.2, 0) is 0 Å². The minimum Gasteiger partial charge on any atom is -0.497 e. The van der Waals surface area contributed by atoms with E-state index in [1.54, 1.807) is 7.11 Å². The van der Waals surface area contributed by atoms with Gasteiger partial charge in [-0.3, -0.25) is 4.99 Å². The van der Waals surface area contributed by atoms with Crippen LogP contribution in [0, 0.1) is 5.92 Å². The molecule has 2 N–H and O–H groups in total. The summed E-state index contributed by atoms with van der Waals surface area (Å²) in [6.45, 7) is 7.56. The molecule has 0 spiro atoms. The van der Waals surface area contributed by atoms with E-state index in [1.165, 1.54) is 6.42 Å². The van der Waals surface area contributed by atoms with Gasteiger partial charge in [-0.05, 0) is 43.0 Å². The number of rotatable bonds is 6. The van der Waals surface area contributed by atoms with Gasteiger partial charge in [0.25, 0.3) is 0 Å². The zero-order chi connectivity index (χ0) is 15.5. The van der Waals surface area contributed by atoms with Gasteiger partial charge in [-0.2, -0.15) is 0 Å². The highest BCUT2D eigenvalue weighted by Crippen LogP contribution is 2.37. The Hall–Kier alpha value is -1.71. The summed E-state index contributed by atoms with van der Waals surface area (Å²) in [5, 5.41) is 0. The minimum atomic E-state index is 0.00803. The van der Waals surface area contributed by atoms with Gasteiger partial charge in [-0.15, -0.1) is 0 Å². The molecule has 0 bridgehead atoms. The van der Waals surface area contributed by atoms with Crippen molar-refractivity contribution >= 4 is 11.6 Å². The second kappa shape index (κ2) is 6.37. The van der Waals surface area contributed by atoms with Crippen LogP contribution >= 0.6 is 0 Å². The molecule has 1 aromatic rings. The third kappa shape index (κ3) is 2.99. The molecule has 4 nitrogen and oxygen atoms in total. The monoisotopic (exact) mass is 289 g/mol. The van der Waals surface area contributed by atoms with Gasteiger partial charge < -0.3 is 15.4 Å². The second-order valence-corrected chi connectivity index (χ2v) is 6.00. The molecule has 116 valence electrons. The van der Waals surface area contributed by atoms with E-state index in [0.717, 1.165) is 30.8 Å². The Morgan fingerprint density at radius 1 is 1.33 bits per heavy atom. The second-order valence-electron chi connectivity index (χ2n) is 6.00. The SMILES string of the molecule is CCC(C)CC1(CC)CN=C(N)N1c1ccc(OC)cc1. The van der Waals surface area contributed by atoms with Crippen LogP contribution in [0.4, 0.5) is 5.69 Å². The molecule has 0 amide bonds. The minimum absolute atomic E-state index is 0.00803. The summed E-state index contributed by atoms with van der Waals surface area (Å²) in [5.41, 5.74) is 7.30. The third-order valence-corrected chi connectivity index (χ3v) is 4.65. The lowest BCUT2D eigenvalue weighted by Crippen LogP contribution is -2.52. The van der Waals surface area contributed by atoms with Crippen LogP contribution in [0.2, 0.25) is 0 Å². The Kier molecular flexibility index (Phi) is 4.76. The predicted octanol–water partition coefficient (Wildman–Crippen LogP) is 3.41. The predicted molar refractivity (Wildman–Crippen MR) is 89.1 cm³/mol. The van der Waals surface area contributed by atoms with E-state index >= 15 is 0 Å². The topological polar surface area (TPSA) is 50.8 Å². The lowest BCUT2D eigenvalue weighted by atomic mass is 9.83. The van der Waals surface area contributed by atoms with Gasteiger partial charge >= 0.3 is 0 Å². The zero-order valence-electron chi connectivity index (χ0n) is 13.6. The number of benzene rings is 1. The number of nitrogens with two attached hydrogens (primary N) is 1. The van der Waals surface area contributed by atoms with Crippen molar-refractivity contribution in [2.75, 3.05) is 18.6 Å². The number of anilines is 1. The molecule has 0 saturated carbocycles. The highest BCUT2D eigenvalue weighted by atomic mass is 16.5. The number of hydrogen-bond acceptors (Lipinski definition) is 4. The van der Waals surface area contributed by atoms with E-state index in [4.69, 9.17) is 10.5 Å². The fraction of sp³-hybridized carbons (Fsp3) is 0.588. The maximum absolute atomic E-state index is 6.19. The summed E-state index contributed by atoms with van der Waals surface area (Å²) < 4.78 is 5.24. The highest BCUT2D eigenvalue weighted by molar-refractivity contribution is 5.98. The molecular formula is C17H27N3O. The van der Waals surface area contributed by atoms with Gasteiger partial charge in [-0.1, -0.05) is 27.2 Å². The number of methoxy groups -OCH3 is 1. The van der Waals surface area contributed by atoms with Crippen molar-refractivity contribution in [2.45, 2.75) is 45.6 Å². The fourth-order valence-corrected chi connectivity index (χ4v) is 3.11. The van der Waals surface area contributed by atoms with Crippen molar-refractivity contribution in [3.8, 4) is 5.75 Å². The van der Waals surface area contributed by atoms with E-state index in [2.05, 4.69) is 42.8 Å². The van der Waals surface area contributed by atoms with Crippen molar-refractivity contribution in [1.82, 2.24) is 0 Å². The Balaban J connectivity index is 2.33. The van der Waals surface area contributed by atoms with E-state index in [0.29, 0.717) is 11.9 Å². The molecule has 2 unspecified atom stereocenters. The van der Waals surface area contributed by atoms with Crippen LogP contribution in [-0.4, -0.2) is 25.2 Å². The van der Waals surface area contributed by atoms with Crippen LogP contribution in [0.25, 0.3) is 0 Å². The van der Waals surface area contributed by atoms with Gasteiger partial charge in [0.2, 0.25) is 0 Å². The van der Waals surface area contributed by atoms with Crippen molar-refractivity contribution in [3.63, 3.8) is 0 Å². The quantitative estimate of drug-likeness (QED) is 0.873. The summed E-state index contributed by atoms with van der Waals surface area (Å²) in [6.07, 6.45) is 3.32. The van der Waals surface area contributed by atoms with Crippen LogP contribution < -0.4 is 15.4 Å². The van der Waals surface area contributed by atoms with Gasteiger partial charge in [0.15, 0.2) is 5.96 Å². The van der Waals surface area contributed by atoms with Gasteiger partial charge in [0.05, 0.1) is 19.2 Å². The van der Waals surface area contributed by atoms with Crippen molar-refractivity contribution in [3.05, 3.63) is 24.3 Å². The largest absolute Gasteiger partial charge is 0.497 e. The first-order valence-electron chi connectivity index (χ1n) is 7.80. The maximum atomic E-state index is 6.19. The summed E-state index contributed by atoms with van der Waals surface area (Å²) in [5.74, 6) is 2.15. The molecule has 1 aliphatic rings. The number of nitrogens with zero attached hydrogens (tertiary/aromatic N) is 2. The molecular weight excluding hydrogens is 262 g/mol. The van der Waals surface area contributed by atoms with E-state index in [1.807, 2.05) is 12.1 Å². The summed E-state index contributed by atoms with van der Waals surface area (Å²) in [7, 11) is 1.68. The van der Waals surface area contributed by atoms with Crippen LogP contribution in [0.1, 0.15) is 40.0 Å². The number of aliphatic imine (C=N–C) groups is 1. The first-order chi connectivity index (χ1) is 10.1. The zero-order valence-corrected chi connectivity index (χ0v) is 13.6. The molecule has 0 aliphatic carbocycles. The van der Waals surface area contributed by atoms with Gasteiger partial charge in [0, 0.05) is 5.69 Å². The summed E-state index contributed by atoms with van der Waals surface area (Å²) >= 11 is 0. The van der Waals surface area contributed by atoms with Gasteiger partial charge in [-0.25, -0.2) is 0 Å². The summed E-state index contributed by atoms with van der Waals surface area (Å²) in [4.78, 5) is 6.76. The normalized spacial score (nSPS) is 23.0. The first-order valence-corrected chi connectivity index (χ1v) is 7.80. The summed E-state index contributed by atoms with van der Waals surface area (Å²) in [6, 6.07) is 8.08. The first kappa shape index (κ1) is 15.7. The molecule has 1 heterocycles. The standard InChI is InChI=1S/C17H27N3O/c1-5-13(3)11-17(6-2)12-19-16(18)20(17)14-7-9-15(21-4)10-8-14/h7-10,13H,5-6,11-12H2,1-4H3,(H2,18,19). The molecule has 4 heteroatoms. The maximum Gasteiger partial charge on any atom is 0.196 e. The Morgan fingerprint density at radius 3 is 2.52 bits per heavy atom. The lowest BCUT2D eigenvalue weighted by Gasteiger charge is -2.40. The smallest absolute Gasteiger partial charge is 0.196 e. The number of hydrogen-bond donors (Lipinski definition) is 1. The molecule has 1 aliphatic heterocycles. The van der Waals surface area contributed by atoms with E-state index < -0.39 is 0 Å². The number of guanidine groups is 1. The number of ether oxygens (including phenoxy) is 1. The molecule has 2 rings (SSSR count). The molecule has 0 fully saturated rings. The van der Waals surface area contributed by atoms with E-state index in [-0.39, 0.29) is 5.54 Å². The van der Waals surface area contributed by atoms with Crippen LogP contribution in [0.15, 0.2) is 29.3 Å². The highest BCUT2D eigenvalue weighted by Gasteiger charge is 2.42. The fourth-order valence-electron chi connectivity index (χ4n) is 3.11. The molecule has 0 saturated heterocycles. The molecule has 2 atom stereocenters. The Morgan fingerprint density at radius 2 is 2.00 bits per heavy atom. The molecule has 0 radical (unpaired) electrons. The Labute approximate surface area is 128 Å². The Bertz CT molecular complexity index is 497. The van der Waals surface area contributed by atoms with Crippen LogP contribution in [0.5, 0.6) is 5.75 Å². The molecule has 21 heavy (non-hydrogen) atoms. The van der Waals surface area contributed by atoms with Crippen molar-refractivity contribution < 1.29 is 4.74 Å². The van der Waals surface area contributed by atoms with Crippen molar-refractivity contribution in [1.29, 1.82) is 0 Å². The average molecular weight is 289 g/mol. The van der Waals surface area contributed by atoms with Crippen molar-refractivity contribution in [2.24, 2.45) is 16.6 Å². The third-order valence-electron chi connectivity index (χ3n) is 4.65. The lowest BCUT2D eigenvalue weighted by molar-refractivity contribution is 0.333. The van der Waals surface area contributed by atoms with Crippen LogP contribution in [0.3, 0.4) is 0 Å². The molecule has 1 aromatic carbocycles. The average Bonchev–Trinajstić information content (AvgIpc) is 2.84. The molecule has 0 aromatic heterocycles. The van der Waals surface area contributed by atoms with Gasteiger partial charge in [0.1, 0.15) is 5.75 Å².